The fourth-order valence-corrected chi connectivity index (χ4v) is 4.82. The molecule has 2 aromatic rings. The number of anilines is 2. The van der Waals surface area contributed by atoms with E-state index in [1.54, 1.807) is 54.5 Å². The molecule has 0 unspecified atom stereocenters. The standard InChI is InChI=1S/C26H24N2O6/c1-33-19-11-9-17(10-12-19)27-15-16(13-23(27)29)26(32)34-20-6-4-5-18(14-20)28-24(30)21-7-2-3-8-22(21)25(28)31/h2-6,9-12,14,16,21-22H,7-8,13,15H2,1H3/t16-,21-,22+/m1/s1. The second-order valence-corrected chi connectivity index (χ2v) is 8.69. The topological polar surface area (TPSA) is 93.2 Å². The van der Waals surface area contributed by atoms with Gasteiger partial charge >= 0.3 is 5.97 Å². The lowest BCUT2D eigenvalue weighted by Gasteiger charge is -2.17. The quantitative estimate of drug-likeness (QED) is 0.295. The summed E-state index contributed by atoms with van der Waals surface area (Å²) in [4.78, 5) is 53.8. The number of hydrogen-bond acceptors (Lipinski definition) is 6. The lowest BCUT2D eigenvalue weighted by molar-refractivity contribution is -0.139. The van der Waals surface area contributed by atoms with Crippen LogP contribution in [0.3, 0.4) is 0 Å². The highest BCUT2D eigenvalue weighted by Crippen LogP contribution is 2.38. The third-order valence-electron chi connectivity index (χ3n) is 6.64. The van der Waals surface area contributed by atoms with E-state index in [2.05, 4.69) is 0 Å². The van der Waals surface area contributed by atoms with Gasteiger partial charge < -0.3 is 14.4 Å². The molecule has 3 aliphatic rings. The zero-order valence-electron chi connectivity index (χ0n) is 18.7. The molecular formula is C26H24N2O6. The van der Waals surface area contributed by atoms with Crippen molar-refractivity contribution in [2.45, 2.75) is 19.3 Å². The fourth-order valence-electron chi connectivity index (χ4n) is 4.82. The average Bonchev–Trinajstić information content (AvgIpc) is 3.37. The lowest BCUT2D eigenvalue weighted by Crippen LogP contribution is -2.31. The van der Waals surface area contributed by atoms with Gasteiger partial charge in [0.2, 0.25) is 17.7 Å². The van der Waals surface area contributed by atoms with Crippen LogP contribution in [-0.2, 0) is 19.2 Å². The van der Waals surface area contributed by atoms with E-state index < -0.39 is 11.9 Å². The molecule has 1 aliphatic carbocycles. The van der Waals surface area contributed by atoms with Crippen molar-refractivity contribution in [3.05, 3.63) is 60.7 Å². The Morgan fingerprint density at radius 3 is 2.21 bits per heavy atom. The molecule has 0 bridgehead atoms. The van der Waals surface area contributed by atoms with Crippen molar-refractivity contribution in [3.63, 3.8) is 0 Å². The molecule has 0 aromatic heterocycles. The minimum Gasteiger partial charge on any atom is -0.497 e. The maximum absolute atomic E-state index is 12.9. The molecular weight excluding hydrogens is 436 g/mol. The molecule has 0 radical (unpaired) electrons. The van der Waals surface area contributed by atoms with Crippen LogP contribution >= 0.6 is 0 Å². The number of fused-ring (bicyclic) bond motifs is 1. The number of esters is 1. The summed E-state index contributed by atoms with van der Waals surface area (Å²) in [5.41, 5.74) is 1.07. The summed E-state index contributed by atoms with van der Waals surface area (Å²) >= 11 is 0. The molecule has 0 N–H and O–H groups in total. The average molecular weight is 460 g/mol. The fraction of sp³-hybridized carbons (Fsp3) is 0.308. The van der Waals surface area contributed by atoms with E-state index in [4.69, 9.17) is 9.47 Å². The lowest BCUT2D eigenvalue weighted by atomic mass is 9.85. The molecule has 8 heteroatoms. The molecule has 2 heterocycles. The van der Waals surface area contributed by atoms with E-state index in [-0.39, 0.29) is 48.3 Å². The first-order valence-electron chi connectivity index (χ1n) is 11.2. The summed E-state index contributed by atoms with van der Waals surface area (Å²) in [5, 5.41) is 0. The Balaban J connectivity index is 1.28. The van der Waals surface area contributed by atoms with Crippen molar-refractivity contribution in [2.75, 3.05) is 23.5 Å². The largest absolute Gasteiger partial charge is 0.497 e. The number of rotatable bonds is 5. The first kappa shape index (κ1) is 21.9. The van der Waals surface area contributed by atoms with Crippen LogP contribution in [0.25, 0.3) is 0 Å². The van der Waals surface area contributed by atoms with Gasteiger partial charge in [0.25, 0.3) is 0 Å². The maximum atomic E-state index is 12.9. The smallest absolute Gasteiger partial charge is 0.316 e. The number of methoxy groups -OCH3 is 1. The number of hydrogen-bond donors (Lipinski definition) is 0. The maximum Gasteiger partial charge on any atom is 0.316 e. The Morgan fingerprint density at radius 1 is 0.882 bits per heavy atom. The van der Waals surface area contributed by atoms with Crippen LogP contribution in [0.2, 0.25) is 0 Å². The molecule has 2 fully saturated rings. The van der Waals surface area contributed by atoms with Crippen LogP contribution < -0.4 is 19.3 Å². The molecule has 2 aromatic carbocycles. The molecule has 5 rings (SSSR count). The van der Waals surface area contributed by atoms with Crippen LogP contribution in [0.15, 0.2) is 60.7 Å². The minimum absolute atomic E-state index is 0.0456. The van der Waals surface area contributed by atoms with E-state index in [1.807, 2.05) is 12.2 Å². The van der Waals surface area contributed by atoms with Crippen LogP contribution in [0.5, 0.6) is 11.5 Å². The number of carbonyl (C=O) groups excluding carboxylic acids is 4. The Labute approximate surface area is 196 Å². The molecule has 174 valence electrons. The van der Waals surface area contributed by atoms with Gasteiger partial charge in [-0.25, -0.2) is 4.90 Å². The number of amides is 3. The predicted octanol–water partition coefficient (Wildman–Crippen LogP) is 3.11. The Hall–Kier alpha value is -3.94. The van der Waals surface area contributed by atoms with Gasteiger partial charge in [-0.05, 0) is 49.2 Å². The molecule has 3 amide bonds. The second kappa shape index (κ2) is 8.78. The SMILES string of the molecule is COc1ccc(N2C[C@H](C(=O)Oc3cccc(N4C(=O)[C@H]5CC=CC[C@H]5C4=O)c3)CC2=O)cc1. The van der Waals surface area contributed by atoms with Gasteiger partial charge in [-0.2, -0.15) is 0 Å². The summed E-state index contributed by atoms with van der Waals surface area (Å²) in [6.45, 7) is 0.211. The molecule has 8 nitrogen and oxygen atoms in total. The van der Waals surface area contributed by atoms with Gasteiger partial charge in [0, 0.05) is 24.7 Å². The molecule has 2 saturated heterocycles. The Morgan fingerprint density at radius 2 is 1.56 bits per heavy atom. The van der Waals surface area contributed by atoms with Crippen molar-refractivity contribution in [1.29, 1.82) is 0 Å². The van der Waals surface area contributed by atoms with Gasteiger partial charge in [0.05, 0.1) is 30.6 Å². The third-order valence-corrected chi connectivity index (χ3v) is 6.64. The van der Waals surface area contributed by atoms with Crippen molar-refractivity contribution >= 4 is 35.1 Å². The summed E-state index contributed by atoms with van der Waals surface area (Å²) < 4.78 is 10.7. The van der Waals surface area contributed by atoms with Gasteiger partial charge in [-0.15, -0.1) is 0 Å². The highest BCUT2D eigenvalue weighted by molar-refractivity contribution is 6.22. The van der Waals surface area contributed by atoms with E-state index in [0.29, 0.717) is 30.0 Å². The second-order valence-electron chi connectivity index (χ2n) is 8.69. The van der Waals surface area contributed by atoms with Crippen LogP contribution in [0.1, 0.15) is 19.3 Å². The van der Waals surface area contributed by atoms with Crippen molar-refractivity contribution in [2.24, 2.45) is 17.8 Å². The normalized spacial score (nSPS) is 23.9. The van der Waals surface area contributed by atoms with Crippen LogP contribution in [0.4, 0.5) is 11.4 Å². The first-order valence-corrected chi connectivity index (χ1v) is 11.2. The number of ether oxygens (including phenoxy) is 2. The molecule has 34 heavy (non-hydrogen) atoms. The zero-order valence-corrected chi connectivity index (χ0v) is 18.7. The van der Waals surface area contributed by atoms with Crippen LogP contribution in [0, 0.1) is 17.8 Å². The van der Waals surface area contributed by atoms with Gasteiger partial charge in [-0.1, -0.05) is 18.2 Å². The van der Waals surface area contributed by atoms with Gasteiger partial charge in [-0.3, -0.25) is 19.2 Å². The van der Waals surface area contributed by atoms with Crippen LogP contribution in [-0.4, -0.2) is 37.3 Å². The van der Waals surface area contributed by atoms with Crippen molar-refractivity contribution in [3.8, 4) is 11.5 Å². The van der Waals surface area contributed by atoms with Crippen molar-refractivity contribution < 1.29 is 28.7 Å². The number of nitrogens with zero attached hydrogens (tertiary/aromatic N) is 2. The first-order chi connectivity index (χ1) is 16.5. The summed E-state index contributed by atoms with van der Waals surface area (Å²) in [7, 11) is 1.57. The number of imide groups is 1. The monoisotopic (exact) mass is 460 g/mol. The Kier molecular flexibility index (Phi) is 5.65. The molecule has 0 saturated carbocycles. The summed E-state index contributed by atoms with van der Waals surface area (Å²) in [5.74, 6) is -1.53. The molecule has 3 atom stereocenters. The highest BCUT2D eigenvalue weighted by atomic mass is 16.5. The number of allylic oxidation sites excluding steroid dienone is 2. The highest BCUT2D eigenvalue weighted by Gasteiger charge is 2.48. The van der Waals surface area contributed by atoms with E-state index >= 15 is 0 Å². The van der Waals surface area contributed by atoms with E-state index in [1.165, 1.54) is 11.0 Å². The van der Waals surface area contributed by atoms with Gasteiger partial charge in [0.15, 0.2) is 0 Å². The third kappa shape index (κ3) is 3.85. The van der Waals surface area contributed by atoms with E-state index in [9.17, 15) is 19.2 Å². The Bertz CT molecular complexity index is 1160. The summed E-state index contributed by atoms with van der Waals surface area (Å²) in [6.07, 6.45) is 5.03. The van der Waals surface area contributed by atoms with Gasteiger partial charge in [0.1, 0.15) is 11.5 Å². The number of benzene rings is 2. The molecule has 2 aliphatic heterocycles. The molecule has 0 spiro atoms. The van der Waals surface area contributed by atoms with Crippen molar-refractivity contribution in [1.82, 2.24) is 0 Å². The van der Waals surface area contributed by atoms with E-state index in [0.717, 1.165) is 0 Å². The summed E-state index contributed by atoms with van der Waals surface area (Å²) in [6, 6.07) is 13.5. The number of carbonyl (C=O) groups is 4. The zero-order chi connectivity index (χ0) is 23.8. The minimum atomic E-state index is -0.623. The predicted molar refractivity (Wildman–Crippen MR) is 123 cm³/mol.